The van der Waals surface area contributed by atoms with Crippen LogP contribution in [0.15, 0.2) is 22.7 Å². The molecule has 0 aliphatic heterocycles. The SMILES string of the molecule is CCN(CC(C)C(=O)O)C(=O)c1ccc(Br)cc1O. The molecule has 1 unspecified atom stereocenters. The molecule has 1 atom stereocenters. The molecule has 0 heterocycles. The van der Waals surface area contributed by atoms with Crippen molar-refractivity contribution in [3.8, 4) is 5.75 Å². The van der Waals surface area contributed by atoms with E-state index < -0.39 is 11.9 Å². The normalized spacial score (nSPS) is 11.9. The van der Waals surface area contributed by atoms with Crippen LogP contribution in [0.2, 0.25) is 0 Å². The van der Waals surface area contributed by atoms with Crippen LogP contribution in [0.5, 0.6) is 5.75 Å². The lowest BCUT2D eigenvalue weighted by atomic mass is 10.1. The van der Waals surface area contributed by atoms with Crippen LogP contribution in [0.25, 0.3) is 0 Å². The summed E-state index contributed by atoms with van der Waals surface area (Å²) in [5, 5.41) is 18.6. The number of hydrogen-bond acceptors (Lipinski definition) is 3. The van der Waals surface area contributed by atoms with Crippen LogP contribution in [-0.4, -0.2) is 40.1 Å². The number of benzene rings is 1. The number of aliphatic carboxylic acids is 1. The molecule has 0 spiro atoms. The highest BCUT2D eigenvalue weighted by atomic mass is 79.9. The van der Waals surface area contributed by atoms with Gasteiger partial charge in [-0.25, -0.2) is 0 Å². The Kier molecular flexibility index (Phi) is 5.35. The van der Waals surface area contributed by atoms with Crippen LogP contribution in [0.1, 0.15) is 24.2 Å². The topological polar surface area (TPSA) is 77.8 Å². The lowest BCUT2D eigenvalue weighted by molar-refractivity contribution is -0.141. The van der Waals surface area contributed by atoms with E-state index in [1.54, 1.807) is 19.9 Å². The molecule has 0 bridgehead atoms. The average Bonchev–Trinajstić information content (AvgIpc) is 2.34. The molecule has 6 heteroatoms. The number of aromatic hydroxyl groups is 1. The van der Waals surface area contributed by atoms with E-state index in [9.17, 15) is 14.7 Å². The van der Waals surface area contributed by atoms with E-state index in [1.165, 1.54) is 17.0 Å². The summed E-state index contributed by atoms with van der Waals surface area (Å²) in [6.45, 7) is 3.80. The third kappa shape index (κ3) is 3.96. The zero-order chi connectivity index (χ0) is 14.6. The van der Waals surface area contributed by atoms with Crippen molar-refractivity contribution in [1.82, 2.24) is 4.90 Å². The second-order valence-electron chi connectivity index (χ2n) is 4.24. The molecule has 0 saturated heterocycles. The van der Waals surface area contributed by atoms with Crippen LogP contribution < -0.4 is 0 Å². The Bertz CT molecular complexity index is 490. The van der Waals surface area contributed by atoms with Gasteiger partial charge >= 0.3 is 5.97 Å². The summed E-state index contributed by atoms with van der Waals surface area (Å²) in [5.41, 5.74) is 0.169. The van der Waals surface area contributed by atoms with Crippen molar-refractivity contribution in [2.24, 2.45) is 5.92 Å². The van der Waals surface area contributed by atoms with Crippen molar-refractivity contribution < 1.29 is 19.8 Å². The Labute approximate surface area is 120 Å². The van der Waals surface area contributed by atoms with Gasteiger partial charge in [0.15, 0.2) is 0 Å². The zero-order valence-corrected chi connectivity index (χ0v) is 12.3. The fourth-order valence-electron chi connectivity index (χ4n) is 1.62. The van der Waals surface area contributed by atoms with Crippen molar-refractivity contribution in [3.63, 3.8) is 0 Å². The van der Waals surface area contributed by atoms with Crippen LogP contribution in [-0.2, 0) is 4.79 Å². The van der Waals surface area contributed by atoms with Crippen molar-refractivity contribution in [2.45, 2.75) is 13.8 Å². The second kappa shape index (κ2) is 6.56. The van der Waals surface area contributed by atoms with E-state index in [-0.39, 0.29) is 23.8 Å². The summed E-state index contributed by atoms with van der Waals surface area (Å²) in [6.07, 6.45) is 0. The molecule has 0 saturated carbocycles. The summed E-state index contributed by atoms with van der Waals surface area (Å²) >= 11 is 3.20. The third-order valence-corrected chi connectivity index (χ3v) is 3.27. The molecule has 1 rings (SSSR count). The monoisotopic (exact) mass is 329 g/mol. The number of phenolic OH excluding ortho intramolecular Hbond substituents is 1. The number of carbonyl (C=O) groups is 2. The summed E-state index contributed by atoms with van der Waals surface area (Å²) in [5.74, 6) is -2.10. The van der Waals surface area contributed by atoms with Gasteiger partial charge in [-0.05, 0) is 25.1 Å². The molecule has 104 valence electrons. The van der Waals surface area contributed by atoms with Gasteiger partial charge in [0.05, 0.1) is 11.5 Å². The molecular formula is C13H16BrNO4. The molecule has 5 nitrogen and oxygen atoms in total. The van der Waals surface area contributed by atoms with Crippen LogP contribution in [0.4, 0.5) is 0 Å². The van der Waals surface area contributed by atoms with E-state index in [1.807, 2.05) is 0 Å². The fourth-order valence-corrected chi connectivity index (χ4v) is 1.97. The highest BCUT2D eigenvalue weighted by molar-refractivity contribution is 9.10. The summed E-state index contributed by atoms with van der Waals surface area (Å²) in [6, 6.07) is 4.60. The average molecular weight is 330 g/mol. The lowest BCUT2D eigenvalue weighted by Crippen LogP contribution is -2.36. The summed E-state index contributed by atoms with van der Waals surface area (Å²) in [4.78, 5) is 24.5. The van der Waals surface area contributed by atoms with Gasteiger partial charge in [0.25, 0.3) is 5.91 Å². The molecule has 1 aromatic rings. The molecule has 0 aliphatic rings. The maximum Gasteiger partial charge on any atom is 0.308 e. The van der Waals surface area contributed by atoms with Crippen molar-refractivity contribution in [3.05, 3.63) is 28.2 Å². The number of carboxylic acid groups (broad SMARTS) is 1. The van der Waals surface area contributed by atoms with Crippen molar-refractivity contribution in [2.75, 3.05) is 13.1 Å². The minimum Gasteiger partial charge on any atom is -0.507 e. The van der Waals surface area contributed by atoms with E-state index in [0.29, 0.717) is 11.0 Å². The Morgan fingerprint density at radius 1 is 1.42 bits per heavy atom. The third-order valence-electron chi connectivity index (χ3n) is 2.77. The number of rotatable bonds is 5. The molecule has 1 amide bonds. The summed E-state index contributed by atoms with van der Waals surface area (Å²) in [7, 11) is 0. The van der Waals surface area contributed by atoms with Crippen molar-refractivity contribution >= 4 is 27.8 Å². The first-order chi connectivity index (χ1) is 8.86. The Morgan fingerprint density at radius 2 is 2.05 bits per heavy atom. The van der Waals surface area contributed by atoms with Gasteiger partial charge in [-0.15, -0.1) is 0 Å². The predicted molar refractivity (Wildman–Crippen MR) is 74.2 cm³/mol. The minimum absolute atomic E-state index is 0.111. The highest BCUT2D eigenvalue weighted by Gasteiger charge is 2.22. The highest BCUT2D eigenvalue weighted by Crippen LogP contribution is 2.23. The number of amides is 1. The smallest absolute Gasteiger partial charge is 0.308 e. The predicted octanol–water partition coefficient (Wildman–Crippen LogP) is 2.34. The van der Waals surface area contributed by atoms with E-state index >= 15 is 0 Å². The second-order valence-corrected chi connectivity index (χ2v) is 5.16. The van der Waals surface area contributed by atoms with E-state index in [2.05, 4.69) is 15.9 Å². The zero-order valence-electron chi connectivity index (χ0n) is 10.8. The van der Waals surface area contributed by atoms with Crippen LogP contribution in [0.3, 0.4) is 0 Å². The molecular weight excluding hydrogens is 314 g/mol. The van der Waals surface area contributed by atoms with Gasteiger partial charge in [-0.2, -0.15) is 0 Å². The van der Waals surface area contributed by atoms with Crippen LogP contribution >= 0.6 is 15.9 Å². The van der Waals surface area contributed by atoms with Gasteiger partial charge in [0.1, 0.15) is 5.75 Å². The Balaban J connectivity index is 2.92. The number of nitrogens with zero attached hydrogens (tertiary/aromatic N) is 1. The summed E-state index contributed by atoms with van der Waals surface area (Å²) < 4.78 is 0.670. The molecule has 0 aromatic heterocycles. The molecule has 0 fully saturated rings. The van der Waals surface area contributed by atoms with Gasteiger partial charge < -0.3 is 15.1 Å². The number of halogens is 1. The number of carbonyl (C=O) groups excluding carboxylic acids is 1. The fraction of sp³-hybridized carbons (Fsp3) is 0.385. The lowest BCUT2D eigenvalue weighted by Gasteiger charge is -2.23. The Morgan fingerprint density at radius 3 is 2.53 bits per heavy atom. The quantitative estimate of drug-likeness (QED) is 0.869. The van der Waals surface area contributed by atoms with Gasteiger partial charge in [-0.1, -0.05) is 22.9 Å². The van der Waals surface area contributed by atoms with E-state index in [0.717, 1.165) is 0 Å². The maximum atomic E-state index is 12.2. The first-order valence-corrected chi connectivity index (χ1v) is 6.66. The largest absolute Gasteiger partial charge is 0.507 e. The van der Waals surface area contributed by atoms with Gasteiger partial charge in [0, 0.05) is 17.6 Å². The molecule has 1 aromatic carbocycles. The molecule has 2 N–H and O–H groups in total. The minimum atomic E-state index is -0.953. The Hall–Kier alpha value is -1.56. The number of hydrogen-bond donors (Lipinski definition) is 2. The van der Waals surface area contributed by atoms with Crippen molar-refractivity contribution in [1.29, 1.82) is 0 Å². The van der Waals surface area contributed by atoms with Crippen LogP contribution in [0, 0.1) is 5.92 Å². The maximum absolute atomic E-state index is 12.2. The molecule has 0 radical (unpaired) electrons. The number of phenols is 1. The van der Waals surface area contributed by atoms with Gasteiger partial charge in [0.2, 0.25) is 0 Å². The first-order valence-electron chi connectivity index (χ1n) is 5.87. The molecule has 0 aliphatic carbocycles. The van der Waals surface area contributed by atoms with E-state index in [4.69, 9.17) is 5.11 Å². The standard InChI is InChI=1S/C13H16BrNO4/c1-3-15(7-8(2)13(18)19)12(17)10-5-4-9(14)6-11(10)16/h4-6,8,16H,3,7H2,1-2H3,(H,18,19). The van der Waals surface area contributed by atoms with Gasteiger partial charge in [-0.3, -0.25) is 9.59 Å². The first kappa shape index (κ1) is 15.5. The molecule has 19 heavy (non-hydrogen) atoms. The number of carboxylic acids is 1.